The van der Waals surface area contributed by atoms with Crippen molar-refractivity contribution < 1.29 is 4.52 Å². The Bertz CT molecular complexity index is 1300. The summed E-state index contributed by atoms with van der Waals surface area (Å²) in [4.78, 5) is 18.2. The van der Waals surface area contributed by atoms with Crippen LogP contribution >= 0.6 is 0 Å². The number of aromatic nitrogens is 7. The summed E-state index contributed by atoms with van der Waals surface area (Å²) in [5.41, 5.74) is 1.80. The van der Waals surface area contributed by atoms with E-state index < -0.39 is 0 Å². The van der Waals surface area contributed by atoms with Crippen molar-refractivity contribution >= 4 is 16.7 Å². The van der Waals surface area contributed by atoms with Crippen LogP contribution in [0.15, 0.2) is 65.4 Å². The summed E-state index contributed by atoms with van der Waals surface area (Å²) in [6.45, 7) is 4.16. The third kappa shape index (κ3) is 3.73. The molecule has 3 aromatic heterocycles. The molecular weight excluding hydrogens is 392 g/mol. The largest absolute Gasteiger partial charge is 0.358 e. The number of para-hydroxylation sites is 1. The van der Waals surface area contributed by atoms with Crippen LogP contribution in [0.2, 0.25) is 0 Å². The number of nitrogens with one attached hydrogen (secondary N) is 2. The molecule has 0 aliphatic heterocycles. The van der Waals surface area contributed by atoms with Crippen molar-refractivity contribution in [2.75, 3.05) is 5.32 Å². The Labute approximate surface area is 178 Å². The molecule has 0 aliphatic carbocycles. The average molecular weight is 412 g/mol. The van der Waals surface area contributed by atoms with Gasteiger partial charge >= 0.3 is 0 Å². The van der Waals surface area contributed by atoms with E-state index in [2.05, 4.69) is 44.5 Å². The van der Waals surface area contributed by atoms with Gasteiger partial charge < -0.3 is 9.84 Å². The van der Waals surface area contributed by atoms with Crippen LogP contribution in [0, 0.1) is 5.92 Å². The van der Waals surface area contributed by atoms with Crippen LogP contribution < -0.4 is 5.32 Å². The second-order valence-corrected chi connectivity index (χ2v) is 7.44. The fourth-order valence-corrected chi connectivity index (χ4v) is 3.33. The third-order valence-electron chi connectivity index (χ3n) is 4.93. The van der Waals surface area contributed by atoms with E-state index in [1.165, 1.54) is 6.33 Å². The van der Waals surface area contributed by atoms with Gasteiger partial charge in [0.1, 0.15) is 18.2 Å². The van der Waals surface area contributed by atoms with Gasteiger partial charge in [0.2, 0.25) is 11.7 Å². The van der Waals surface area contributed by atoms with Crippen molar-refractivity contribution in [3.05, 3.63) is 66.8 Å². The van der Waals surface area contributed by atoms with Gasteiger partial charge in [0.05, 0.1) is 5.52 Å². The number of rotatable bonds is 6. The first-order valence-electron chi connectivity index (χ1n) is 9.97. The molecule has 0 saturated heterocycles. The predicted molar refractivity (Wildman–Crippen MR) is 116 cm³/mol. The standard InChI is InChI=1S/C22H20N8O/c1-13(2)17(22-28-21(30-31-22)20-23-12-24-29-20)26-19-15-10-6-7-11-16(15)25-18(27-19)14-8-4-3-5-9-14/h3-13,17H,1-2H3,(H,23,24,29)(H,25,26,27)/t17-/m0/s1. The quantitative estimate of drug-likeness (QED) is 0.424. The summed E-state index contributed by atoms with van der Waals surface area (Å²) in [7, 11) is 0. The minimum atomic E-state index is -0.258. The summed E-state index contributed by atoms with van der Waals surface area (Å²) in [6.07, 6.45) is 1.40. The van der Waals surface area contributed by atoms with E-state index in [1.807, 2.05) is 54.6 Å². The molecule has 154 valence electrons. The van der Waals surface area contributed by atoms with Gasteiger partial charge in [-0.3, -0.25) is 5.10 Å². The highest BCUT2D eigenvalue weighted by Gasteiger charge is 2.25. The monoisotopic (exact) mass is 412 g/mol. The molecule has 0 fully saturated rings. The van der Waals surface area contributed by atoms with E-state index in [1.54, 1.807) is 0 Å². The fourth-order valence-electron chi connectivity index (χ4n) is 3.33. The summed E-state index contributed by atoms with van der Waals surface area (Å²) in [5.74, 6) is 2.77. The highest BCUT2D eigenvalue weighted by molar-refractivity contribution is 5.90. The van der Waals surface area contributed by atoms with E-state index in [9.17, 15) is 0 Å². The topological polar surface area (TPSA) is 118 Å². The van der Waals surface area contributed by atoms with Gasteiger partial charge in [0.15, 0.2) is 11.6 Å². The lowest BCUT2D eigenvalue weighted by molar-refractivity contribution is 0.335. The van der Waals surface area contributed by atoms with E-state index >= 15 is 0 Å². The lowest BCUT2D eigenvalue weighted by atomic mass is 10.0. The number of H-pyrrole nitrogens is 1. The minimum absolute atomic E-state index is 0.150. The maximum absolute atomic E-state index is 5.56. The summed E-state index contributed by atoms with van der Waals surface area (Å²) >= 11 is 0. The molecule has 5 aromatic rings. The van der Waals surface area contributed by atoms with Crippen molar-refractivity contribution in [1.29, 1.82) is 0 Å². The number of hydrogen-bond donors (Lipinski definition) is 2. The molecule has 1 atom stereocenters. The molecule has 9 heteroatoms. The SMILES string of the molecule is CC(C)[C@H](Nc1nc(-c2ccccc2)nc2ccccc12)c1nc(-c2ncn[nH]2)no1. The van der Waals surface area contributed by atoms with Crippen molar-refractivity contribution in [3.8, 4) is 23.0 Å². The zero-order valence-electron chi connectivity index (χ0n) is 17.0. The molecular formula is C22H20N8O. The van der Waals surface area contributed by atoms with Crippen LogP contribution in [0.25, 0.3) is 33.9 Å². The van der Waals surface area contributed by atoms with Gasteiger partial charge in [-0.05, 0) is 18.1 Å². The zero-order chi connectivity index (χ0) is 21.2. The smallest absolute Gasteiger partial charge is 0.249 e. The van der Waals surface area contributed by atoms with Crippen LogP contribution in [0.3, 0.4) is 0 Å². The normalized spacial score (nSPS) is 12.4. The molecule has 2 N–H and O–H groups in total. The number of aromatic amines is 1. The molecule has 0 unspecified atom stereocenters. The van der Waals surface area contributed by atoms with E-state index in [-0.39, 0.29) is 12.0 Å². The number of benzene rings is 2. The first kappa shape index (κ1) is 18.9. The molecule has 0 radical (unpaired) electrons. The van der Waals surface area contributed by atoms with E-state index in [0.717, 1.165) is 16.5 Å². The predicted octanol–water partition coefficient (Wildman–Crippen LogP) is 4.27. The molecule has 31 heavy (non-hydrogen) atoms. The van der Waals surface area contributed by atoms with Crippen LogP contribution in [-0.4, -0.2) is 35.3 Å². The van der Waals surface area contributed by atoms with Crippen molar-refractivity contribution in [2.24, 2.45) is 5.92 Å². The molecule has 5 rings (SSSR count). The maximum Gasteiger partial charge on any atom is 0.249 e. The highest BCUT2D eigenvalue weighted by atomic mass is 16.5. The molecule has 0 bridgehead atoms. The van der Waals surface area contributed by atoms with Crippen molar-refractivity contribution in [1.82, 2.24) is 35.3 Å². The molecule has 0 amide bonds. The zero-order valence-corrected chi connectivity index (χ0v) is 17.0. The Kier molecular flexibility index (Phi) is 4.83. The second kappa shape index (κ2) is 7.94. The third-order valence-corrected chi connectivity index (χ3v) is 4.93. The number of nitrogens with zero attached hydrogens (tertiary/aromatic N) is 6. The number of anilines is 1. The second-order valence-electron chi connectivity index (χ2n) is 7.44. The fraction of sp³-hybridized carbons (Fsp3) is 0.182. The molecule has 3 heterocycles. The van der Waals surface area contributed by atoms with Crippen molar-refractivity contribution in [3.63, 3.8) is 0 Å². The van der Waals surface area contributed by atoms with Gasteiger partial charge in [-0.2, -0.15) is 10.1 Å². The van der Waals surface area contributed by atoms with Crippen LogP contribution in [0.4, 0.5) is 5.82 Å². The summed E-state index contributed by atoms with van der Waals surface area (Å²) in [5, 5.41) is 15.1. The molecule has 9 nitrogen and oxygen atoms in total. The van der Waals surface area contributed by atoms with E-state index in [4.69, 9.17) is 14.5 Å². The molecule has 0 spiro atoms. The van der Waals surface area contributed by atoms with Crippen LogP contribution in [0.5, 0.6) is 0 Å². The summed E-state index contributed by atoms with van der Waals surface area (Å²) in [6, 6.07) is 17.6. The summed E-state index contributed by atoms with van der Waals surface area (Å²) < 4.78 is 5.56. The minimum Gasteiger partial charge on any atom is -0.358 e. The molecule has 0 aliphatic rings. The first-order chi connectivity index (χ1) is 15.2. The van der Waals surface area contributed by atoms with Crippen molar-refractivity contribution in [2.45, 2.75) is 19.9 Å². The van der Waals surface area contributed by atoms with Gasteiger partial charge in [0.25, 0.3) is 0 Å². The lowest BCUT2D eigenvalue weighted by Gasteiger charge is -2.20. The van der Waals surface area contributed by atoms with E-state index in [0.29, 0.717) is 29.2 Å². The van der Waals surface area contributed by atoms with Gasteiger partial charge in [-0.1, -0.05) is 61.5 Å². The number of fused-ring (bicyclic) bond motifs is 1. The Balaban J connectivity index is 1.56. The van der Waals surface area contributed by atoms with Crippen LogP contribution in [-0.2, 0) is 0 Å². The van der Waals surface area contributed by atoms with Gasteiger partial charge in [0, 0.05) is 10.9 Å². The Morgan fingerprint density at radius 3 is 2.48 bits per heavy atom. The van der Waals surface area contributed by atoms with Crippen LogP contribution in [0.1, 0.15) is 25.8 Å². The van der Waals surface area contributed by atoms with Gasteiger partial charge in [-0.25, -0.2) is 15.0 Å². The lowest BCUT2D eigenvalue weighted by Crippen LogP contribution is -2.18. The maximum atomic E-state index is 5.56. The first-order valence-corrected chi connectivity index (χ1v) is 9.97. The number of hydrogen-bond acceptors (Lipinski definition) is 8. The van der Waals surface area contributed by atoms with Gasteiger partial charge in [-0.15, -0.1) is 0 Å². The molecule has 2 aromatic carbocycles. The Hall–Kier alpha value is -4.14. The average Bonchev–Trinajstić information content (AvgIpc) is 3.49. The Morgan fingerprint density at radius 1 is 0.903 bits per heavy atom. The highest BCUT2D eigenvalue weighted by Crippen LogP contribution is 2.31. The molecule has 0 saturated carbocycles. The Morgan fingerprint density at radius 2 is 1.71 bits per heavy atom.